The summed E-state index contributed by atoms with van der Waals surface area (Å²) in [5.74, 6) is 0.702. The van der Waals surface area contributed by atoms with Gasteiger partial charge in [-0.1, -0.05) is 12.8 Å². The van der Waals surface area contributed by atoms with Crippen molar-refractivity contribution >= 4 is 6.03 Å². The quantitative estimate of drug-likeness (QED) is 0.749. The molecule has 0 unspecified atom stereocenters. The minimum Gasteiger partial charge on any atom is -0.448 e. The molecule has 1 aliphatic rings. The fraction of sp³-hybridized carbons (Fsp3) is 0.667. The summed E-state index contributed by atoms with van der Waals surface area (Å²) in [5.41, 5.74) is 0.276. The largest absolute Gasteiger partial charge is 0.448 e. The fourth-order valence-electron chi connectivity index (χ4n) is 2.32. The maximum absolute atomic E-state index is 11.8. The Morgan fingerprint density at radius 2 is 2.28 bits per heavy atom. The van der Waals surface area contributed by atoms with Crippen LogP contribution in [0.5, 0.6) is 0 Å². The van der Waals surface area contributed by atoms with Crippen LogP contribution in [0.1, 0.15) is 37.1 Å². The van der Waals surface area contributed by atoms with Crippen LogP contribution in [0.3, 0.4) is 0 Å². The third kappa shape index (κ3) is 2.81. The van der Waals surface area contributed by atoms with E-state index in [9.17, 15) is 9.90 Å². The van der Waals surface area contributed by atoms with E-state index in [4.69, 9.17) is 4.42 Å². The summed E-state index contributed by atoms with van der Waals surface area (Å²) < 4.78 is 5.05. The van der Waals surface area contributed by atoms with Crippen molar-refractivity contribution in [1.82, 2.24) is 15.6 Å². The van der Waals surface area contributed by atoms with E-state index in [2.05, 4.69) is 15.6 Å². The Labute approximate surface area is 106 Å². The second-order valence-corrected chi connectivity index (χ2v) is 4.81. The van der Waals surface area contributed by atoms with Crippen molar-refractivity contribution in [2.45, 2.75) is 44.7 Å². The molecule has 1 aliphatic carbocycles. The van der Waals surface area contributed by atoms with Gasteiger partial charge in [-0.05, 0) is 19.8 Å². The van der Waals surface area contributed by atoms with E-state index in [1.807, 2.05) is 0 Å². The monoisotopic (exact) mass is 253 g/mol. The van der Waals surface area contributed by atoms with E-state index in [-0.39, 0.29) is 12.6 Å². The number of carbonyl (C=O) groups is 1. The van der Waals surface area contributed by atoms with Crippen LogP contribution in [-0.2, 0) is 6.54 Å². The number of hydrogen-bond acceptors (Lipinski definition) is 4. The molecule has 18 heavy (non-hydrogen) atoms. The van der Waals surface area contributed by atoms with Crippen LogP contribution >= 0.6 is 0 Å². The molecule has 1 saturated carbocycles. The van der Waals surface area contributed by atoms with E-state index < -0.39 is 5.54 Å². The summed E-state index contributed by atoms with van der Waals surface area (Å²) in [7, 11) is 0. The van der Waals surface area contributed by atoms with Crippen molar-refractivity contribution in [1.29, 1.82) is 0 Å². The zero-order chi connectivity index (χ0) is 13.0. The number of amides is 2. The Morgan fingerprint density at radius 1 is 1.56 bits per heavy atom. The highest BCUT2D eigenvalue weighted by atomic mass is 16.3. The van der Waals surface area contributed by atoms with Crippen molar-refractivity contribution in [2.24, 2.45) is 0 Å². The number of urea groups is 1. The van der Waals surface area contributed by atoms with Crippen molar-refractivity contribution in [3.05, 3.63) is 17.8 Å². The van der Waals surface area contributed by atoms with Crippen LogP contribution in [0.15, 0.2) is 10.8 Å². The maximum Gasteiger partial charge on any atom is 0.315 e. The maximum atomic E-state index is 11.8. The molecule has 1 aromatic rings. The van der Waals surface area contributed by atoms with Gasteiger partial charge in [0.25, 0.3) is 0 Å². The van der Waals surface area contributed by atoms with Gasteiger partial charge in [0.15, 0.2) is 6.39 Å². The predicted octanol–water partition coefficient (Wildman–Crippen LogP) is 1.09. The second kappa shape index (κ2) is 5.39. The van der Waals surface area contributed by atoms with E-state index in [0.29, 0.717) is 12.3 Å². The van der Waals surface area contributed by atoms with Gasteiger partial charge in [0, 0.05) is 0 Å². The number of oxazole rings is 1. The lowest BCUT2D eigenvalue weighted by molar-refractivity contribution is 0.162. The molecule has 0 spiro atoms. The minimum absolute atomic E-state index is 0.0105. The summed E-state index contributed by atoms with van der Waals surface area (Å²) in [6.07, 6.45) is 5.11. The average Bonchev–Trinajstić information content (AvgIpc) is 2.97. The minimum atomic E-state index is -0.442. The van der Waals surface area contributed by atoms with E-state index in [1.165, 1.54) is 6.39 Å². The summed E-state index contributed by atoms with van der Waals surface area (Å²) in [5, 5.41) is 15.0. The van der Waals surface area contributed by atoms with E-state index in [1.54, 1.807) is 6.92 Å². The number of nitrogens with one attached hydrogen (secondary N) is 2. The number of aliphatic hydroxyl groups excluding tert-OH is 1. The van der Waals surface area contributed by atoms with E-state index in [0.717, 1.165) is 31.4 Å². The van der Waals surface area contributed by atoms with Crippen molar-refractivity contribution in [3.63, 3.8) is 0 Å². The van der Waals surface area contributed by atoms with Crippen molar-refractivity contribution < 1.29 is 14.3 Å². The van der Waals surface area contributed by atoms with Gasteiger partial charge in [-0.3, -0.25) is 0 Å². The summed E-state index contributed by atoms with van der Waals surface area (Å²) in [6, 6.07) is -0.270. The normalized spacial score (nSPS) is 17.7. The van der Waals surface area contributed by atoms with Gasteiger partial charge >= 0.3 is 6.03 Å². The third-order valence-electron chi connectivity index (χ3n) is 3.50. The molecule has 1 heterocycles. The van der Waals surface area contributed by atoms with Crippen LogP contribution < -0.4 is 10.6 Å². The number of nitrogens with zero attached hydrogens (tertiary/aromatic N) is 1. The Kier molecular flexibility index (Phi) is 3.86. The first kappa shape index (κ1) is 12.9. The second-order valence-electron chi connectivity index (χ2n) is 4.81. The molecule has 1 aromatic heterocycles. The highest BCUT2D eigenvalue weighted by Gasteiger charge is 2.34. The molecule has 0 radical (unpaired) electrons. The molecular weight excluding hydrogens is 234 g/mol. The first-order chi connectivity index (χ1) is 8.65. The van der Waals surface area contributed by atoms with Gasteiger partial charge in [-0.15, -0.1) is 0 Å². The number of aliphatic hydroxyl groups is 1. The summed E-state index contributed by atoms with van der Waals surface area (Å²) >= 11 is 0. The number of hydrogen-bond donors (Lipinski definition) is 3. The first-order valence-electron chi connectivity index (χ1n) is 6.21. The molecule has 0 aromatic carbocycles. The average molecular weight is 253 g/mol. The Balaban J connectivity index is 1.83. The van der Waals surface area contributed by atoms with Crippen LogP contribution in [0, 0.1) is 6.92 Å². The lowest BCUT2D eigenvalue weighted by atomic mass is 9.99. The van der Waals surface area contributed by atoms with Gasteiger partial charge < -0.3 is 20.2 Å². The Hall–Kier alpha value is -1.56. The van der Waals surface area contributed by atoms with E-state index >= 15 is 0 Å². The van der Waals surface area contributed by atoms with Crippen molar-refractivity contribution in [3.8, 4) is 0 Å². The molecule has 0 bridgehead atoms. The van der Waals surface area contributed by atoms with Crippen LogP contribution in [0.4, 0.5) is 4.79 Å². The molecule has 1 fully saturated rings. The van der Waals surface area contributed by atoms with Gasteiger partial charge in [0.2, 0.25) is 0 Å². The van der Waals surface area contributed by atoms with Crippen LogP contribution in [-0.4, -0.2) is 28.3 Å². The van der Waals surface area contributed by atoms with Gasteiger partial charge in [0.05, 0.1) is 18.7 Å². The Bertz CT molecular complexity index is 410. The third-order valence-corrected chi connectivity index (χ3v) is 3.50. The lowest BCUT2D eigenvalue weighted by Gasteiger charge is -2.27. The summed E-state index contributed by atoms with van der Waals surface area (Å²) in [4.78, 5) is 15.8. The molecule has 0 saturated heterocycles. The van der Waals surface area contributed by atoms with Gasteiger partial charge in [-0.25, -0.2) is 9.78 Å². The molecule has 6 nitrogen and oxygen atoms in total. The smallest absolute Gasteiger partial charge is 0.315 e. The molecular formula is C12H19N3O3. The summed E-state index contributed by atoms with van der Waals surface area (Å²) in [6.45, 7) is 2.12. The SMILES string of the molecule is Cc1ocnc1CNC(=O)NC1(CO)CCCC1. The molecule has 6 heteroatoms. The predicted molar refractivity (Wildman–Crippen MR) is 64.9 cm³/mol. The molecule has 2 amide bonds. The molecule has 0 atom stereocenters. The highest BCUT2D eigenvalue weighted by molar-refractivity contribution is 5.74. The highest BCUT2D eigenvalue weighted by Crippen LogP contribution is 2.28. The first-order valence-corrected chi connectivity index (χ1v) is 6.21. The topological polar surface area (TPSA) is 87.4 Å². The van der Waals surface area contributed by atoms with Crippen LogP contribution in [0.25, 0.3) is 0 Å². The Morgan fingerprint density at radius 3 is 2.83 bits per heavy atom. The standard InChI is InChI=1S/C12H19N3O3/c1-9-10(14-8-18-9)6-13-11(17)15-12(7-16)4-2-3-5-12/h8,16H,2-7H2,1H3,(H2,13,15,17). The molecule has 0 aliphatic heterocycles. The van der Waals surface area contributed by atoms with Gasteiger partial charge in [0.1, 0.15) is 11.5 Å². The lowest BCUT2D eigenvalue weighted by Crippen LogP contribution is -2.52. The fourth-order valence-corrected chi connectivity index (χ4v) is 2.32. The van der Waals surface area contributed by atoms with Gasteiger partial charge in [-0.2, -0.15) is 0 Å². The number of aryl methyl sites for hydroxylation is 1. The molecule has 3 N–H and O–H groups in total. The number of rotatable bonds is 4. The number of aromatic nitrogens is 1. The molecule has 100 valence electrons. The molecule has 2 rings (SSSR count). The number of carbonyl (C=O) groups excluding carboxylic acids is 1. The van der Waals surface area contributed by atoms with Crippen molar-refractivity contribution in [2.75, 3.05) is 6.61 Å². The zero-order valence-corrected chi connectivity index (χ0v) is 10.5. The van der Waals surface area contributed by atoms with Crippen LogP contribution in [0.2, 0.25) is 0 Å². The zero-order valence-electron chi connectivity index (χ0n) is 10.5.